The lowest BCUT2D eigenvalue weighted by molar-refractivity contribution is -0.127. The molecule has 1 unspecified atom stereocenters. The first-order valence-electron chi connectivity index (χ1n) is 6.46. The van der Waals surface area contributed by atoms with Crippen molar-refractivity contribution >= 4 is 27.8 Å². The van der Waals surface area contributed by atoms with Crippen molar-refractivity contribution in [2.24, 2.45) is 0 Å². The number of amides is 3. The van der Waals surface area contributed by atoms with Crippen LogP contribution in [0, 0.1) is 0 Å². The second kappa shape index (κ2) is 9.15. The molecule has 4 N–H and O–H groups in total. The molecule has 0 radical (unpaired) electrons. The first kappa shape index (κ1) is 20.1. The van der Waals surface area contributed by atoms with Crippen molar-refractivity contribution in [3.63, 3.8) is 0 Å². The van der Waals surface area contributed by atoms with Crippen LogP contribution in [0.3, 0.4) is 0 Å². The normalized spacial score (nSPS) is 12.1. The lowest BCUT2D eigenvalue weighted by Gasteiger charge is -2.16. The van der Waals surface area contributed by atoms with Gasteiger partial charge in [0.2, 0.25) is 17.7 Å². The molecule has 10 heteroatoms. The van der Waals surface area contributed by atoms with E-state index in [0.29, 0.717) is 18.5 Å². The van der Waals surface area contributed by atoms with E-state index >= 15 is 0 Å². The first-order valence-corrected chi connectivity index (χ1v) is 8.07. The van der Waals surface area contributed by atoms with Crippen LogP contribution in [0.1, 0.15) is 20.3 Å². The molecule has 0 aliphatic rings. The Kier molecular flexibility index (Phi) is 8.35. The molecule has 0 fully saturated rings. The third kappa shape index (κ3) is 9.88. The molecule has 0 aromatic heterocycles. The minimum Gasteiger partial charge on any atom is -0.354 e. The third-order valence-corrected chi connectivity index (χ3v) is 3.15. The monoisotopic (exact) mass is 335 g/mol. The Bertz CT molecular complexity index is 543. The SMILES string of the molecule is C=C(C)C(=O)NCCCNC(=O)C(CS(=O)(=O)O)NC(C)=O. The quantitative estimate of drug-likeness (QED) is 0.231. The maximum Gasteiger partial charge on any atom is 0.267 e. The van der Waals surface area contributed by atoms with E-state index in [2.05, 4.69) is 22.5 Å². The van der Waals surface area contributed by atoms with Crippen LogP contribution < -0.4 is 16.0 Å². The van der Waals surface area contributed by atoms with Crippen LogP contribution in [0.4, 0.5) is 0 Å². The largest absolute Gasteiger partial charge is 0.354 e. The summed E-state index contributed by atoms with van der Waals surface area (Å²) in [5.41, 5.74) is 0.364. The molecule has 3 amide bonds. The second-order valence-electron chi connectivity index (χ2n) is 4.68. The van der Waals surface area contributed by atoms with Gasteiger partial charge in [0.15, 0.2) is 0 Å². The molecule has 0 heterocycles. The van der Waals surface area contributed by atoms with Gasteiger partial charge in [-0.25, -0.2) is 0 Å². The van der Waals surface area contributed by atoms with E-state index in [4.69, 9.17) is 4.55 Å². The van der Waals surface area contributed by atoms with Gasteiger partial charge in [0.25, 0.3) is 10.1 Å². The van der Waals surface area contributed by atoms with E-state index in [-0.39, 0.29) is 12.5 Å². The van der Waals surface area contributed by atoms with Crippen LogP contribution in [0.25, 0.3) is 0 Å². The molecule has 1 atom stereocenters. The summed E-state index contributed by atoms with van der Waals surface area (Å²) in [6, 6.07) is -1.38. The summed E-state index contributed by atoms with van der Waals surface area (Å²) >= 11 is 0. The molecule has 0 saturated heterocycles. The summed E-state index contributed by atoms with van der Waals surface area (Å²) < 4.78 is 30.4. The molecule has 0 aromatic carbocycles. The van der Waals surface area contributed by atoms with E-state index in [1.165, 1.54) is 0 Å². The standard InChI is InChI=1S/C12H21N3O6S/c1-8(2)11(17)13-5-4-6-14-12(18)10(15-9(3)16)7-22(19,20)21/h10H,1,4-7H2,2-3H3,(H,13,17)(H,14,18)(H,15,16)(H,19,20,21). The maximum absolute atomic E-state index is 11.8. The summed E-state index contributed by atoms with van der Waals surface area (Å²) in [5.74, 6) is -2.55. The van der Waals surface area contributed by atoms with E-state index in [9.17, 15) is 22.8 Å². The molecular weight excluding hydrogens is 314 g/mol. The molecule has 0 saturated carbocycles. The second-order valence-corrected chi connectivity index (χ2v) is 6.18. The Morgan fingerprint density at radius 2 is 1.68 bits per heavy atom. The van der Waals surface area contributed by atoms with Gasteiger partial charge in [-0.3, -0.25) is 18.9 Å². The summed E-state index contributed by atoms with van der Waals surface area (Å²) in [6.07, 6.45) is 0.406. The maximum atomic E-state index is 11.8. The van der Waals surface area contributed by atoms with Crippen molar-refractivity contribution in [3.8, 4) is 0 Å². The van der Waals surface area contributed by atoms with Crippen LogP contribution >= 0.6 is 0 Å². The van der Waals surface area contributed by atoms with Gasteiger partial charge in [0, 0.05) is 25.6 Å². The highest BCUT2D eigenvalue weighted by atomic mass is 32.2. The predicted molar refractivity (Wildman–Crippen MR) is 79.5 cm³/mol. The highest BCUT2D eigenvalue weighted by Crippen LogP contribution is 1.93. The van der Waals surface area contributed by atoms with Crippen molar-refractivity contribution < 1.29 is 27.4 Å². The molecule has 0 spiro atoms. The zero-order chi connectivity index (χ0) is 17.3. The third-order valence-electron chi connectivity index (χ3n) is 2.40. The smallest absolute Gasteiger partial charge is 0.267 e. The summed E-state index contributed by atoms with van der Waals surface area (Å²) in [4.78, 5) is 33.9. The van der Waals surface area contributed by atoms with Gasteiger partial charge < -0.3 is 16.0 Å². The molecule has 126 valence electrons. The summed E-state index contributed by atoms with van der Waals surface area (Å²) in [6.45, 7) is 6.61. The van der Waals surface area contributed by atoms with E-state index in [1.54, 1.807) is 6.92 Å². The summed E-state index contributed by atoms with van der Waals surface area (Å²) in [7, 11) is -4.41. The fraction of sp³-hybridized carbons (Fsp3) is 0.583. The predicted octanol–water partition coefficient (Wildman–Crippen LogP) is -1.42. The molecule has 0 bridgehead atoms. The Morgan fingerprint density at radius 1 is 1.14 bits per heavy atom. The minimum atomic E-state index is -4.41. The van der Waals surface area contributed by atoms with Crippen molar-refractivity contribution in [1.82, 2.24) is 16.0 Å². The van der Waals surface area contributed by atoms with E-state index < -0.39 is 33.7 Å². The fourth-order valence-corrected chi connectivity index (χ4v) is 2.07. The Hall–Kier alpha value is -1.94. The minimum absolute atomic E-state index is 0.164. The average Bonchev–Trinajstić information content (AvgIpc) is 2.34. The van der Waals surface area contributed by atoms with Gasteiger partial charge in [0.05, 0.1) is 0 Å². The lowest BCUT2D eigenvalue weighted by atomic mass is 10.3. The van der Waals surface area contributed by atoms with Gasteiger partial charge in [-0.2, -0.15) is 8.42 Å². The highest BCUT2D eigenvalue weighted by molar-refractivity contribution is 7.85. The molecule has 0 aliphatic heterocycles. The zero-order valence-corrected chi connectivity index (χ0v) is 13.3. The molecular formula is C12H21N3O6S. The molecule has 9 nitrogen and oxygen atoms in total. The number of nitrogens with one attached hydrogen (secondary N) is 3. The van der Waals surface area contributed by atoms with Crippen LogP contribution in [0.2, 0.25) is 0 Å². The molecule has 0 rings (SSSR count). The number of hydrogen-bond donors (Lipinski definition) is 4. The zero-order valence-electron chi connectivity index (χ0n) is 12.5. The van der Waals surface area contributed by atoms with Crippen LogP contribution in [0.15, 0.2) is 12.2 Å². The highest BCUT2D eigenvalue weighted by Gasteiger charge is 2.24. The first-order chi connectivity index (χ1) is 10.0. The average molecular weight is 335 g/mol. The van der Waals surface area contributed by atoms with Gasteiger partial charge in [-0.1, -0.05) is 6.58 Å². The van der Waals surface area contributed by atoms with Crippen LogP contribution in [0.5, 0.6) is 0 Å². The number of carbonyl (C=O) groups excluding carboxylic acids is 3. The Morgan fingerprint density at radius 3 is 2.14 bits per heavy atom. The van der Waals surface area contributed by atoms with Gasteiger partial charge in [-0.15, -0.1) is 0 Å². The topological polar surface area (TPSA) is 142 Å². The van der Waals surface area contributed by atoms with E-state index in [1.807, 2.05) is 0 Å². The van der Waals surface area contributed by atoms with Gasteiger partial charge in [-0.05, 0) is 13.3 Å². The van der Waals surface area contributed by atoms with Crippen molar-refractivity contribution in [1.29, 1.82) is 0 Å². The Balaban J connectivity index is 4.26. The lowest BCUT2D eigenvalue weighted by Crippen LogP contribution is -2.50. The molecule has 0 aromatic rings. The van der Waals surface area contributed by atoms with Crippen LogP contribution in [-0.4, -0.2) is 55.6 Å². The van der Waals surface area contributed by atoms with Gasteiger partial charge >= 0.3 is 0 Å². The summed E-state index contributed by atoms with van der Waals surface area (Å²) in [5, 5.41) is 7.11. The van der Waals surface area contributed by atoms with E-state index in [0.717, 1.165) is 6.92 Å². The van der Waals surface area contributed by atoms with Crippen LogP contribution in [-0.2, 0) is 24.5 Å². The van der Waals surface area contributed by atoms with Crippen molar-refractivity contribution in [2.75, 3.05) is 18.8 Å². The number of rotatable bonds is 9. The Labute approximate surface area is 129 Å². The molecule has 22 heavy (non-hydrogen) atoms. The van der Waals surface area contributed by atoms with Crippen molar-refractivity contribution in [2.45, 2.75) is 26.3 Å². The molecule has 0 aliphatic carbocycles. The van der Waals surface area contributed by atoms with Crippen molar-refractivity contribution in [3.05, 3.63) is 12.2 Å². The van der Waals surface area contributed by atoms with Gasteiger partial charge in [0.1, 0.15) is 11.8 Å². The number of hydrogen-bond acceptors (Lipinski definition) is 5. The fourth-order valence-electron chi connectivity index (χ4n) is 1.41. The number of carbonyl (C=O) groups is 3.